The number of piperidine rings is 1. The van der Waals surface area contributed by atoms with E-state index in [9.17, 15) is 4.79 Å². The highest BCUT2D eigenvalue weighted by Gasteiger charge is 2.45. The average molecular weight is 286 g/mol. The van der Waals surface area contributed by atoms with Crippen LogP contribution in [-0.4, -0.2) is 45.8 Å². The van der Waals surface area contributed by atoms with Crippen LogP contribution in [0.5, 0.6) is 0 Å². The van der Waals surface area contributed by atoms with Gasteiger partial charge in [0.1, 0.15) is 5.60 Å². The van der Waals surface area contributed by atoms with E-state index >= 15 is 0 Å². The monoisotopic (exact) mass is 286 g/mol. The van der Waals surface area contributed by atoms with Gasteiger partial charge in [-0.2, -0.15) is 0 Å². The summed E-state index contributed by atoms with van der Waals surface area (Å²) >= 11 is 1.97. The van der Waals surface area contributed by atoms with Gasteiger partial charge >= 0.3 is 6.09 Å². The van der Waals surface area contributed by atoms with Crippen LogP contribution >= 0.6 is 11.8 Å². The minimum absolute atomic E-state index is 0.0445. The normalized spacial score (nSPS) is 35.7. The molecule has 0 saturated carbocycles. The minimum atomic E-state index is -0.426. The number of ether oxygens (including phenoxy) is 1. The molecular weight excluding hydrogens is 260 g/mol. The Morgan fingerprint density at radius 2 is 2.11 bits per heavy atom. The Labute approximate surface area is 120 Å². The molecule has 0 aromatic carbocycles. The number of hydrogen-bond acceptors (Lipinski definition) is 4. The summed E-state index contributed by atoms with van der Waals surface area (Å²) in [4.78, 5) is 14.3. The Morgan fingerprint density at radius 1 is 1.42 bits per heavy atom. The van der Waals surface area contributed by atoms with Crippen LogP contribution in [0.25, 0.3) is 0 Å². The van der Waals surface area contributed by atoms with Gasteiger partial charge in [0.2, 0.25) is 0 Å². The molecule has 0 aliphatic carbocycles. The van der Waals surface area contributed by atoms with Crippen molar-refractivity contribution in [1.82, 2.24) is 10.2 Å². The van der Waals surface area contributed by atoms with Gasteiger partial charge < -0.3 is 15.0 Å². The maximum Gasteiger partial charge on any atom is 0.410 e. The second-order valence-corrected chi connectivity index (χ2v) is 8.62. The van der Waals surface area contributed by atoms with Crippen LogP contribution in [0.1, 0.15) is 47.5 Å². The molecule has 2 heterocycles. The number of amides is 1. The van der Waals surface area contributed by atoms with E-state index in [2.05, 4.69) is 19.2 Å². The second-order valence-electron chi connectivity index (χ2n) is 6.80. The Bertz CT molecular complexity index is 356. The lowest BCUT2D eigenvalue weighted by molar-refractivity contribution is 0.00668. The third kappa shape index (κ3) is 3.57. The smallest absolute Gasteiger partial charge is 0.410 e. The third-order valence-electron chi connectivity index (χ3n) is 3.69. The molecule has 2 fully saturated rings. The molecule has 2 rings (SSSR count). The number of hydrogen-bond donors (Lipinski definition) is 1. The fourth-order valence-electron chi connectivity index (χ4n) is 2.71. The Balaban J connectivity index is 2.05. The molecule has 19 heavy (non-hydrogen) atoms. The summed E-state index contributed by atoms with van der Waals surface area (Å²) < 4.78 is 5.53. The van der Waals surface area contributed by atoms with Crippen LogP contribution in [-0.2, 0) is 4.74 Å². The van der Waals surface area contributed by atoms with Crippen molar-refractivity contribution >= 4 is 17.9 Å². The van der Waals surface area contributed by atoms with E-state index in [0.29, 0.717) is 5.25 Å². The molecule has 0 bridgehead atoms. The highest BCUT2D eigenvalue weighted by molar-refractivity contribution is 8.01. The van der Waals surface area contributed by atoms with E-state index < -0.39 is 5.60 Å². The molecule has 1 N–H and O–H groups in total. The Kier molecular flexibility index (Phi) is 4.07. The molecule has 0 aromatic rings. The van der Waals surface area contributed by atoms with Gasteiger partial charge in [0, 0.05) is 17.8 Å². The summed E-state index contributed by atoms with van der Waals surface area (Å²) in [6.45, 7) is 11.9. The van der Waals surface area contributed by atoms with Gasteiger partial charge in [0.15, 0.2) is 0 Å². The largest absolute Gasteiger partial charge is 0.444 e. The minimum Gasteiger partial charge on any atom is -0.444 e. The standard InChI is InChI=1S/C14H26N2O2S/c1-10-6-7-14(15-8-11(2)19-14)9-16(10)12(17)18-13(3,4)5/h10-11,15H,6-9H2,1-5H3. The van der Waals surface area contributed by atoms with Crippen molar-refractivity contribution in [3.63, 3.8) is 0 Å². The van der Waals surface area contributed by atoms with Crippen LogP contribution in [0.2, 0.25) is 0 Å². The fraction of sp³-hybridized carbons (Fsp3) is 0.929. The first-order valence-electron chi connectivity index (χ1n) is 7.13. The van der Waals surface area contributed by atoms with Crippen molar-refractivity contribution in [2.24, 2.45) is 0 Å². The molecule has 2 aliphatic rings. The fourth-order valence-corrected chi connectivity index (χ4v) is 4.26. The zero-order valence-corrected chi connectivity index (χ0v) is 13.5. The number of nitrogens with zero attached hydrogens (tertiary/aromatic N) is 1. The van der Waals surface area contributed by atoms with Crippen LogP contribution < -0.4 is 5.32 Å². The molecule has 2 aliphatic heterocycles. The summed E-state index contributed by atoms with van der Waals surface area (Å²) in [7, 11) is 0. The van der Waals surface area contributed by atoms with E-state index in [1.807, 2.05) is 37.4 Å². The maximum atomic E-state index is 12.3. The third-order valence-corrected chi connectivity index (χ3v) is 5.19. The van der Waals surface area contributed by atoms with Crippen LogP contribution in [0.15, 0.2) is 0 Å². The molecule has 110 valence electrons. The molecule has 1 spiro atoms. The molecule has 1 amide bonds. The van der Waals surface area contributed by atoms with Crippen molar-refractivity contribution in [1.29, 1.82) is 0 Å². The van der Waals surface area contributed by atoms with E-state index in [1.54, 1.807) is 0 Å². The number of thioether (sulfide) groups is 1. The van der Waals surface area contributed by atoms with Crippen LogP contribution in [0.4, 0.5) is 4.79 Å². The predicted molar refractivity (Wildman–Crippen MR) is 79.4 cm³/mol. The summed E-state index contributed by atoms with van der Waals surface area (Å²) in [5.74, 6) is 0. The lowest BCUT2D eigenvalue weighted by atomic mass is 9.99. The van der Waals surface area contributed by atoms with Crippen molar-refractivity contribution < 1.29 is 9.53 Å². The number of carbonyl (C=O) groups excluding carboxylic acids is 1. The maximum absolute atomic E-state index is 12.3. The first-order valence-corrected chi connectivity index (χ1v) is 8.01. The number of nitrogens with one attached hydrogen (secondary N) is 1. The van der Waals surface area contributed by atoms with Crippen molar-refractivity contribution in [3.05, 3.63) is 0 Å². The zero-order valence-electron chi connectivity index (χ0n) is 12.7. The van der Waals surface area contributed by atoms with Gasteiger partial charge in [0.05, 0.1) is 11.4 Å². The van der Waals surface area contributed by atoms with Gasteiger partial charge in [-0.25, -0.2) is 4.79 Å². The van der Waals surface area contributed by atoms with Crippen LogP contribution in [0, 0.1) is 0 Å². The summed E-state index contributed by atoms with van der Waals surface area (Å²) in [5, 5.41) is 4.22. The number of rotatable bonds is 0. The first kappa shape index (κ1) is 15.0. The van der Waals surface area contributed by atoms with Gasteiger partial charge in [0.25, 0.3) is 0 Å². The SMILES string of the molecule is CC1CNC2(CCC(C)N(C(=O)OC(C)(C)C)C2)S1. The molecule has 5 heteroatoms. The Hall–Kier alpha value is -0.420. The summed E-state index contributed by atoms with van der Waals surface area (Å²) in [6, 6.07) is 0.263. The molecule has 3 atom stereocenters. The lowest BCUT2D eigenvalue weighted by Gasteiger charge is -2.44. The molecular formula is C14H26N2O2S. The Morgan fingerprint density at radius 3 is 2.63 bits per heavy atom. The zero-order chi connectivity index (χ0) is 14.3. The highest BCUT2D eigenvalue weighted by atomic mass is 32.2. The number of likely N-dealkylation sites (tertiary alicyclic amines) is 1. The van der Waals surface area contributed by atoms with Gasteiger partial charge in [-0.05, 0) is 40.5 Å². The van der Waals surface area contributed by atoms with E-state index in [0.717, 1.165) is 25.9 Å². The molecule has 3 unspecified atom stereocenters. The first-order chi connectivity index (χ1) is 8.71. The summed E-state index contributed by atoms with van der Waals surface area (Å²) in [5.41, 5.74) is -0.426. The van der Waals surface area contributed by atoms with Crippen molar-refractivity contribution in [2.45, 2.75) is 69.2 Å². The lowest BCUT2D eigenvalue weighted by Crippen LogP contribution is -2.57. The molecule has 2 saturated heterocycles. The van der Waals surface area contributed by atoms with Gasteiger partial charge in [-0.1, -0.05) is 6.92 Å². The highest BCUT2D eigenvalue weighted by Crippen LogP contribution is 2.41. The quantitative estimate of drug-likeness (QED) is 0.743. The van der Waals surface area contributed by atoms with E-state index in [1.165, 1.54) is 0 Å². The van der Waals surface area contributed by atoms with E-state index in [-0.39, 0.29) is 17.0 Å². The van der Waals surface area contributed by atoms with Gasteiger partial charge in [-0.15, -0.1) is 11.8 Å². The molecule has 0 radical (unpaired) electrons. The van der Waals surface area contributed by atoms with E-state index in [4.69, 9.17) is 4.74 Å². The molecule has 0 aromatic heterocycles. The topological polar surface area (TPSA) is 41.6 Å². The predicted octanol–water partition coefficient (Wildman–Crippen LogP) is 2.83. The van der Waals surface area contributed by atoms with Gasteiger partial charge in [-0.3, -0.25) is 0 Å². The summed E-state index contributed by atoms with van der Waals surface area (Å²) in [6.07, 6.45) is 1.98. The van der Waals surface area contributed by atoms with Crippen molar-refractivity contribution in [3.8, 4) is 0 Å². The van der Waals surface area contributed by atoms with Crippen molar-refractivity contribution in [2.75, 3.05) is 13.1 Å². The molecule has 4 nitrogen and oxygen atoms in total. The number of carbonyl (C=O) groups is 1. The van der Waals surface area contributed by atoms with Crippen LogP contribution in [0.3, 0.4) is 0 Å². The average Bonchev–Trinajstić information content (AvgIpc) is 2.62. The second kappa shape index (κ2) is 5.17.